The smallest absolute Gasteiger partial charge is 0.311 e. The molecular weight excluding hydrogens is 460 g/mol. The zero-order valence-corrected chi connectivity index (χ0v) is 18.7. The molecule has 2 aromatic rings. The molecule has 0 bridgehead atoms. The Balaban J connectivity index is 1.56. The molecule has 3 rings (SSSR count). The van der Waals surface area contributed by atoms with Crippen molar-refractivity contribution in [3.8, 4) is 5.75 Å². The summed E-state index contributed by atoms with van der Waals surface area (Å²) in [7, 11) is -2.31. The molecule has 0 radical (unpaired) electrons. The van der Waals surface area contributed by atoms with Crippen LogP contribution >= 0.6 is 11.6 Å². The van der Waals surface area contributed by atoms with E-state index in [2.05, 4.69) is 10.5 Å². The fraction of sp³-hybridized carbons (Fsp3) is 0.300. The van der Waals surface area contributed by atoms with Gasteiger partial charge in [-0.3, -0.25) is 14.9 Å². The number of nitro groups is 1. The van der Waals surface area contributed by atoms with Crippen molar-refractivity contribution in [2.75, 3.05) is 20.2 Å². The molecule has 1 N–H and O–H groups in total. The molecule has 1 fully saturated rings. The van der Waals surface area contributed by atoms with Crippen LogP contribution in [0.1, 0.15) is 18.4 Å². The van der Waals surface area contributed by atoms with E-state index in [0.29, 0.717) is 23.4 Å². The van der Waals surface area contributed by atoms with Crippen LogP contribution in [0.3, 0.4) is 0 Å². The number of nitrogens with one attached hydrogen (secondary N) is 1. The van der Waals surface area contributed by atoms with Gasteiger partial charge in [0.25, 0.3) is 0 Å². The minimum absolute atomic E-state index is 0.122. The molecule has 0 saturated carbocycles. The molecule has 1 saturated heterocycles. The van der Waals surface area contributed by atoms with Crippen LogP contribution in [0.15, 0.2) is 52.5 Å². The molecule has 0 unspecified atom stereocenters. The van der Waals surface area contributed by atoms with Gasteiger partial charge in [-0.25, -0.2) is 13.8 Å². The summed E-state index contributed by atoms with van der Waals surface area (Å²) in [6.07, 6.45) is 1.99. The first-order valence-corrected chi connectivity index (χ1v) is 11.4. The van der Waals surface area contributed by atoms with E-state index in [1.54, 1.807) is 6.07 Å². The Morgan fingerprint density at radius 2 is 1.91 bits per heavy atom. The van der Waals surface area contributed by atoms with E-state index in [1.807, 2.05) is 0 Å². The standard InChI is InChI=1S/C20H21ClN4O6S/c1-31-19-7-2-14(12-18(19)25(27)28)13-22-23-20(26)15-8-10-24(11-9-15)32(29,30)17-5-3-16(21)4-6-17/h2-7,12-13,15H,8-11H2,1H3,(H,23,26)/b22-13-. The molecule has 0 atom stereocenters. The summed E-state index contributed by atoms with van der Waals surface area (Å²) in [5.41, 5.74) is 2.62. The number of sulfonamides is 1. The summed E-state index contributed by atoms with van der Waals surface area (Å²) in [5, 5.41) is 15.4. The Labute approximate surface area is 190 Å². The van der Waals surface area contributed by atoms with Gasteiger partial charge in [0.1, 0.15) is 0 Å². The van der Waals surface area contributed by atoms with Gasteiger partial charge in [-0.05, 0) is 49.2 Å². The maximum absolute atomic E-state index is 12.7. The highest BCUT2D eigenvalue weighted by Gasteiger charge is 2.32. The monoisotopic (exact) mass is 480 g/mol. The number of ether oxygens (including phenoxy) is 1. The maximum atomic E-state index is 12.7. The predicted molar refractivity (Wildman–Crippen MR) is 118 cm³/mol. The number of halogens is 1. The molecule has 1 aliphatic heterocycles. The van der Waals surface area contributed by atoms with Crippen molar-refractivity contribution in [1.29, 1.82) is 0 Å². The highest BCUT2D eigenvalue weighted by atomic mass is 35.5. The van der Waals surface area contributed by atoms with Gasteiger partial charge in [0, 0.05) is 35.7 Å². The molecule has 1 heterocycles. The minimum Gasteiger partial charge on any atom is -0.490 e. The van der Waals surface area contributed by atoms with Gasteiger partial charge in [0.2, 0.25) is 15.9 Å². The van der Waals surface area contributed by atoms with E-state index in [9.17, 15) is 23.3 Å². The summed E-state index contributed by atoms with van der Waals surface area (Å²) < 4.78 is 31.7. The second-order valence-corrected chi connectivity index (χ2v) is 9.43. The summed E-state index contributed by atoms with van der Waals surface area (Å²) in [4.78, 5) is 23.1. The van der Waals surface area contributed by atoms with Crippen LogP contribution in [-0.2, 0) is 14.8 Å². The van der Waals surface area contributed by atoms with Gasteiger partial charge < -0.3 is 4.74 Å². The highest BCUT2D eigenvalue weighted by Crippen LogP contribution is 2.27. The number of nitro benzene ring substituents is 1. The quantitative estimate of drug-likeness (QED) is 0.368. The van der Waals surface area contributed by atoms with Crippen molar-refractivity contribution in [2.45, 2.75) is 17.7 Å². The fourth-order valence-corrected chi connectivity index (χ4v) is 4.90. The molecule has 1 aliphatic rings. The average Bonchev–Trinajstić information content (AvgIpc) is 2.79. The molecule has 10 nitrogen and oxygen atoms in total. The normalized spacial score (nSPS) is 15.6. The second-order valence-electron chi connectivity index (χ2n) is 7.05. The number of hydrogen-bond acceptors (Lipinski definition) is 7. The molecular formula is C20H21ClN4O6S. The van der Waals surface area contributed by atoms with Crippen molar-refractivity contribution in [3.05, 3.63) is 63.2 Å². The Morgan fingerprint density at radius 3 is 2.50 bits per heavy atom. The van der Waals surface area contributed by atoms with Gasteiger partial charge in [0.05, 0.1) is 23.1 Å². The number of carbonyl (C=O) groups excluding carboxylic acids is 1. The lowest BCUT2D eigenvalue weighted by Gasteiger charge is -2.30. The Morgan fingerprint density at radius 1 is 1.25 bits per heavy atom. The summed E-state index contributed by atoms with van der Waals surface area (Å²) in [5.74, 6) is -0.613. The van der Waals surface area contributed by atoms with Crippen LogP contribution in [-0.4, -0.2) is 50.0 Å². The number of piperidine rings is 1. The summed E-state index contributed by atoms with van der Waals surface area (Å²) in [6.45, 7) is 0.412. The molecule has 1 amide bonds. The van der Waals surface area contributed by atoms with E-state index in [-0.39, 0.29) is 35.3 Å². The SMILES string of the molecule is COc1ccc(/C=N\NC(=O)C2CCN(S(=O)(=O)c3ccc(Cl)cc3)CC2)cc1[N+](=O)[O-]. The molecule has 32 heavy (non-hydrogen) atoms. The predicted octanol–water partition coefficient (Wildman–Crippen LogP) is 2.81. The van der Waals surface area contributed by atoms with Crippen LogP contribution in [0, 0.1) is 16.0 Å². The average molecular weight is 481 g/mol. The van der Waals surface area contributed by atoms with Gasteiger partial charge in [-0.15, -0.1) is 0 Å². The highest BCUT2D eigenvalue weighted by molar-refractivity contribution is 7.89. The number of rotatable bonds is 7. The third-order valence-electron chi connectivity index (χ3n) is 5.06. The topological polar surface area (TPSA) is 131 Å². The number of methoxy groups -OCH3 is 1. The molecule has 12 heteroatoms. The number of nitrogens with zero attached hydrogens (tertiary/aromatic N) is 3. The van der Waals surface area contributed by atoms with Crippen molar-refractivity contribution < 1.29 is 22.9 Å². The number of benzene rings is 2. The number of hydrogen-bond donors (Lipinski definition) is 1. The molecule has 2 aromatic carbocycles. The lowest BCUT2D eigenvalue weighted by molar-refractivity contribution is -0.385. The fourth-order valence-electron chi connectivity index (χ4n) is 3.31. The van der Waals surface area contributed by atoms with Crippen LogP contribution in [0.5, 0.6) is 5.75 Å². The number of amides is 1. The first-order chi connectivity index (χ1) is 15.2. The van der Waals surface area contributed by atoms with Crippen LogP contribution in [0.2, 0.25) is 5.02 Å². The first kappa shape index (κ1) is 23.6. The van der Waals surface area contributed by atoms with Crippen LogP contribution in [0.4, 0.5) is 5.69 Å². The van der Waals surface area contributed by atoms with Crippen molar-refractivity contribution in [1.82, 2.24) is 9.73 Å². The largest absolute Gasteiger partial charge is 0.490 e. The Kier molecular flexibility index (Phi) is 7.44. The molecule has 0 aromatic heterocycles. The van der Waals surface area contributed by atoms with Crippen LogP contribution in [0.25, 0.3) is 0 Å². The summed E-state index contributed by atoms with van der Waals surface area (Å²) in [6, 6.07) is 10.2. The Hall–Kier alpha value is -3.02. The zero-order chi connectivity index (χ0) is 23.3. The second kappa shape index (κ2) is 10.1. The van der Waals surface area contributed by atoms with Crippen molar-refractivity contribution in [2.24, 2.45) is 11.0 Å². The molecule has 0 spiro atoms. The number of hydrazone groups is 1. The third kappa shape index (κ3) is 5.42. The lowest BCUT2D eigenvalue weighted by Crippen LogP contribution is -2.42. The zero-order valence-electron chi connectivity index (χ0n) is 17.1. The van der Waals surface area contributed by atoms with E-state index in [1.165, 1.54) is 54.0 Å². The van der Waals surface area contributed by atoms with E-state index in [0.717, 1.165) is 0 Å². The van der Waals surface area contributed by atoms with Gasteiger partial charge in [-0.2, -0.15) is 9.41 Å². The van der Waals surface area contributed by atoms with E-state index in [4.69, 9.17) is 16.3 Å². The molecule has 170 valence electrons. The van der Waals surface area contributed by atoms with Gasteiger partial charge >= 0.3 is 5.69 Å². The van der Waals surface area contributed by atoms with Crippen molar-refractivity contribution >= 4 is 39.4 Å². The first-order valence-electron chi connectivity index (χ1n) is 9.63. The lowest BCUT2D eigenvalue weighted by atomic mass is 9.98. The Bertz CT molecular complexity index is 1130. The van der Waals surface area contributed by atoms with E-state index >= 15 is 0 Å². The summed E-state index contributed by atoms with van der Waals surface area (Å²) >= 11 is 5.82. The minimum atomic E-state index is -3.65. The van der Waals surface area contributed by atoms with E-state index < -0.39 is 20.9 Å². The molecule has 0 aliphatic carbocycles. The van der Waals surface area contributed by atoms with Gasteiger partial charge in [0.15, 0.2) is 5.75 Å². The van der Waals surface area contributed by atoms with Crippen molar-refractivity contribution in [3.63, 3.8) is 0 Å². The van der Waals surface area contributed by atoms with Gasteiger partial charge in [-0.1, -0.05) is 11.6 Å². The maximum Gasteiger partial charge on any atom is 0.311 e. The third-order valence-corrected chi connectivity index (χ3v) is 7.23. The van der Waals surface area contributed by atoms with Crippen LogP contribution < -0.4 is 10.2 Å². The number of carbonyl (C=O) groups is 1.